The topological polar surface area (TPSA) is 96.8 Å². The number of benzene rings is 3. The number of ether oxygens (including phenoxy) is 3. The van der Waals surface area contributed by atoms with Crippen LogP contribution in [-0.4, -0.2) is 64.9 Å². The predicted molar refractivity (Wildman–Crippen MR) is 137 cm³/mol. The molecule has 2 aliphatic heterocycles. The third-order valence-corrected chi connectivity index (χ3v) is 7.62. The van der Waals surface area contributed by atoms with Crippen LogP contribution in [0.1, 0.15) is 18.9 Å². The SMILES string of the molecule is CC(CO)(CO)c1ccc(-c2ccc(-c3c(F)cc4[nH]c(OC5COC6CCOC65)nc4c3F)cc2)cc1. The van der Waals surface area contributed by atoms with Crippen molar-refractivity contribution in [2.75, 3.05) is 26.4 Å². The molecular formula is C29H28F2N2O5. The van der Waals surface area contributed by atoms with Crippen molar-refractivity contribution < 1.29 is 33.2 Å². The lowest BCUT2D eigenvalue weighted by atomic mass is 9.83. The Bertz CT molecular complexity index is 1450. The molecule has 3 unspecified atom stereocenters. The average molecular weight is 523 g/mol. The minimum atomic E-state index is -0.770. The largest absolute Gasteiger partial charge is 0.456 e. The first-order valence-corrected chi connectivity index (χ1v) is 12.6. The van der Waals surface area contributed by atoms with Gasteiger partial charge >= 0.3 is 0 Å². The smallest absolute Gasteiger partial charge is 0.295 e. The Hall–Kier alpha value is -3.37. The molecule has 3 N–H and O–H groups in total. The molecule has 2 fully saturated rings. The maximum atomic E-state index is 15.5. The van der Waals surface area contributed by atoms with Crippen LogP contribution in [0.3, 0.4) is 0 Å². The van der Waals surface area contributed by atoms with Crippen LogP contribution in [0.2, 0.25) is 0 Å². The molecule has 9 heteroatoms. The molecule has 2 saturated heterocycles. The lowest BCUT2D eigenvalue weighted by molar-refractivity contribution is 0.0273. The Labute approximate surface area is 218 Å². The van der Waals surface area contributed by atoms with Crippen molar-refractivity contribution in [1.29, 1.82) is 0 Å². The van der Waals surface area contributed by atoms with Crippen molar-refractivity contribution in [1.82, 2.24) is 9.97 Å². The van der Waals surface area contributed by atoms with Crippen molar-refractivity contribution in [3.63, 3.8) is 0 Å². The molecule has 198 valence electrons. The van der Waals surface area contributed by atoms with E-state index in [0.717, 1.165) is 23.1 Å². The van der Waals surface area contributed by atoms with E-state index in [2.05, 4.69) is 9.97 Å². The number of fused-ring (bicyclic) bond motifs is 2. The molecule has 2 aliphatic rings. The van der Waals surface area contributed by atoms with Gasteiger partial charge in [0.1, 0.15) is 17.4 Å². The summed E-state index contributed by atoms with van der Waals surface area (Å²) < 4.78 is 47.9. The maximum Gasteiger partial charge on any atom is 0.295 e. The molecule has 0 spiro atoms. The first-order chi connectivity index (χ1) is 18.4. The normalized spacial score (nSPS) is 21.2. The summed E-state index contributed by atoms with van der Waals surface area (Å²) in [5, 5.41) is 19.3. The summed E-state index contributed by atoms with van der Waals surface area (Å²) in [5.74, 6) is -1.48. The molecule has 3 heterocycles. The van der Waals surface area contributed by atoms with Gasteiger partial charge in [-0.3, -0.25) is 0 Å². The fourth-order valence-electron chi connectivity index (χ4n) is 5.18. The Morgan fingerprint density at radius 2 is 1.66 bits per heavy atom. The number of imidazole rings is 1. The van der Waals surface area contributed by atoms with E-state index in [1.54, 1.807) is 31.2 Å². The van der Waals surface area contributed by atoms with Crippen molar-refractivity contribution in [3.8, 4) is 28.3 Å². The first kappa shape index (κ1) is 24.9. The molecule has 1 aromatic heterocycles. The summed E-state index contributed by atoms with van der Waals surface area (Å²) in [5.41, 5.74) is 2.26. The van der Waals surface area contributed by atoms with E-state index in [-0.39, 0.29) is 54.1 Å². The fraction of sp³-hybridized carbons (Fsp3) is 0.345. The van der Waals surface area contributed by atoms with Gasteiger partial charge in [0.05, 0.1) is 37.0 Å². The van der Waals surface area contributed by atoms with Crippen LogP contribution in [-0.2, 0) is 14.9 Å². The Kier molecular flexibility index (Phi) is 6.39. The lowest BCUT2D eigenvalue weighted by Gasteiger charge is -2.25. The molecule has 0 radical (unpaired) electrons. The highest BCUT2D eigenvalue weighted by Gasteiger charge is 2.43. The van der Waals surface area contributed by atoms with Gasteiger partial charge in [0.2, 0.25) is 0 Å². The number of aliphatic hydroxyl groups excluding tert-OH is 2. The summed E-state index contributed by atoms with van der Waals surface area (Å²) in [6.45, 7) is 2.40. The van der Waals surface area contributed by atoms with E-state index in [0.29, 0.717) is 18.8 Å². The third-order valence-electron chi connectivity index (χ3n) is 7.62. The first-order valence-electron chi connectivity index (χ1n) is 12.6. The second kappa shape index (κ2) is 9.74. The number of aliphatic hydroxyl groups is 2. The second-order valence-electron chi connectivity index (χ2n) is 10.2. The third kappa shape index (κ3) is 4.25. The maximum absolute atomic E-state index is 15.5. The zero-order chi connectivity index (χ0) is 26.4. The number of aromatic amines is 1. The van der Waals surface area contributed by atoms with Crippen molar-refractivity contribution >= 4 is 11.0 Å². The zero-order valence-corrected chi connectivity index (χ0v) is 20.8. The number of halogens is 2. The van der Waals surface area contributed by atoms with Gasteiger partial charge in [0.15, 0.2) is 11.9 Å². The standard InChI is InChI=1S/C29H28F2N2O5/c1-29(14-34,15-35)19-8-6-17(7-9-19)16-2-4-18(5-3-16)24-20(30)12-21-26(25(24)31)33-28(32-21)38-23-13-37-22-10-11-36-27(22)23/h2-9,12,22-23,27,34-35H,10-11,13-15H2,1H3,(H,32,33). The van der Waals surface area contributed by atoms with Gasteiger partial charge in [-0.05, 0) is 28.7 Å². The van der Waals surface area contributed by atoms with Gasteiger partial charge < -0.3 is 29.4 Å². The number of aromatic nitrogens is 2. The van der Waals surface area contributed by atoms with E-state index >= 15 is 8.78 Å². The fourth-order valence-corrected chi connectivity index (χ4v) is 5.18. The summed E-state index contributed by atoms with van der Waals surface area (Å²) in [6.07, 6.45) is 0.250. The quantitative estimate of drug-likeness (QED) is 0.334. The van der Waals surface area contributed by atoms with Crippen molar-refractivity contribution in [2.45, 2.75) is 37.1 Å². The van der Waals surface area contributed by atoms with Gasteiger partial charge in [0, 0.05) is 18.1 Å². The summed E-state index contributed by atoms with van der Waals surface area (Å²) in [6, 6.07) is 15.7. The number of rotatable bonds is 7. The highest BCUT2D eigenvalue weighted by molar-refractivity contribution is 5.84. The number of H-pyrrole nitrogens is 1. The molecule has 3 aromatic carbocycles. The summed E-state index contributed by atoms with van der Waals surface area (Å²) in [4.78, 5) is 7.12. The number of hydrogen-bond donors (Lipinski definition) is 3. The number of nitrogens with zero attached hydrogens (tertiary/aromatic N) is 1. The highest BCUT2D eigenvalue weighted by Crippen LogP contribution is 2.35. The van der Waals surface area contributed by atoms with E-state index in [9.17, 15) is 10.2 Å². The van der Waals surface area contributed by atoms with E-state index in [4.69, 9.17) is 14.2 Å². The molecule has 4 aromatic rings. The van der Waals surface area contributed by atoms with Gasteiger partial charge in [0.25, 0.3) is 6.01 Å². The monoisotopic (exact) mass is 522 g/mol. The van der Waals surface area contributed by atoms with Crippen LogP contribution < -0.4 is 4.74 Å². The molecule has 0 saturated carbocycles. The van der Waals surface area contributed by atoms with Crippen LogP contribution in [0, 0.1) is 11.6 Å². The molecule has 0 aliphatic carbocycles. The van der Waals surface area contributed by atoms with Gasteiger partial charge in [-0.1, -0.05) is 55.5 Å². The van der Waals surface area contributed by atoms with Crippen LogP contribution >= 0.6 is 0 Å². The number of hydrogen-bond acceptors (Lipinski definition) is 6. The zero-order valence-electron chi connectivity index (χ0n) is 20.8. The molecular weight excluding hydrogens is 494 g/mol. The molecule has 3 atom stereocenters. The van der Waals surface area contributed by atoms with Gasteiger partial charge in [-0.15, -0.1) is 0 Å². The highest BCUT2D eigenvalue weighted by atomic mass is 19.1. The summed E-state index contributed by atoms with van der Waals surface area (Å²) in [7, 11) is 0. The van der Waals surface area contributed by atoms with Gasteiger partial charge in [-0.2, -0.15) is 4.98 Å². The Morgan fingerprint density at radius 3 is 2.34 bits per heavy atom. The molecule has 6 rings (SSSR count). The van der Waals surface area contributed by atoms with Crippen LogP contribution in [0.5, 0.6) is 6.01 Å². The van der Waals surface area contributed by atoms with Gasteiger partial charge in [-0.25, -0.2) is 8.78 Å². The molecule has 0 amide bonds. The minimum absolute atomic E-state index is 0.00492. The molecule has 38 heavy (non-hydrogen) atoms. The average Bonchev–Trinajstić information content (AvgIpc) is 3.66. The molecule has 0 bridgehead atoms. The van der Waals surface area contributed by atoms with Crippen LogP contribution in [0.15, 0.2) is 54.6 Å². The molecule has 7 nitrogen and oxygen atoms in total. The minimum Gasteiger partial charge on any atom is -0.456 e. The van der Waals surface area contributed by atoms with Crippen LogP contribution in [0.4, 0.5) is 8.78 Å². The van der Waals surface area contributed by atoms with Crippen LogP contribution in [0.25, 0.3) is 33.3 Å². The lowest BCUT2D eigenvalue weighted by Crippen LogP contribution is -2.32. The predicted octanol–water partition coefficient (Wildman–Crippen LogP) is 4.35. The van der Waals surface area contributed by atoms with Crippen molar-refractivity contribution in [3.05, 3.63) is 71.8 Å². The Balaban J connectivity index is 1.25. The van der Waals surface area contributed by atoms with E-state index in [1.807, 2.05) is 24.3 Å². The summed E-state index contributed by atoms with van der Waals surface area (Å²) >= 11 is 0. The Morgan fingerprint density at radius 1 is 1.00 bits per heavy atom. The van der Waals surface area contributed by atoms with E-state index < -0.39 is 17.0 Å². The van der Waals surface area contributed by atoms with E-state index in [1.165, 1.54) is 6.07 Å². The number of nitrogens with one attached hydrogen (secondary N) is 1. The second-order valence-corrected chi connectivity index (χ2v) is 10.2. The van der Waals surface area contributed by atoms with Crippen molar-refractivity contribution in [2.24, 2.45) is 0 Å².